The van der Waals surface area contributed by atoms with Gasteiger partial charge in [-0.3, -0.25) is 4.90 Å². The summed E-state index contributed by atoms with van der Waals surface area (Å²) in [6, 6.07) is 0.630. The van der Waals surface area contributed by atoms with Crippen LogP contribution in [-0.4, -0.2) is 30.1 Å². The first-order valence-electron chi connectivity index (χ1n) is 5.42. The van der Waals surface area contributed by atoms with E-state index in [-0.39, 0.29) is 5.54 Å². The third-order valence-electron chi connectivity index (χ3n) is 2.91. The maximum absolute atomic E-state index is 5.07. The van der Waals surface area contributed by atoms with Gasteiger partial charge in [0.05, 0.1) is 13.4 Å². The lowest BCUT2D eigenvalue weighted by atomic mass is 9.93. The van der Waals surface area contributed by atoms with E-state index >= 15 is 0 Å². The van der Waals surface area contributed by atoms with E-state index in [4.69, 9.17) is 4.74 Å². The molecule has 1 rings (SSSR count). The highest BCUT2D eigenvalue weighted by Gasteiger charge is 2.29. The van der Waals surface area contributed by atoms with Gasteiger partial charge in [-0.2, -0.15) is 0 Å². The second-order valence-electron chi connectivity index (χ2n) is 5.18. The van der Waals surface area contributed by atoms with Crippen molar-refractivity contribution in [2.24, 2.45) is 0 Å². The topological polar surface area (TPSA) is 12.5 Å². The lowest BCUT2D eigenvalue weighted by Crippen LogP contribution is -2.49. The van der Waals surface area contributed by atoms with E-state index in [0.29, 0.717) is 6.04 Å². The van der Waals surface area contributed by atoms with Gasteiger partial charge < -0.3 is 4.74 Å². The van der Waals surface area contributed by atoms with Gasteiger partial charge in [-0.15, -0.1) is 0 Å². The summed E-state index contributed by atoms with van der Waals surface area (Å²) in [6.45, 7) is 10.3. The summed E-state index contributed by atoms with van der Waals surface area (Å²) in [7, 11) is 1.73. The Bertz CT molecular complexity index is 215. The van der Waals surface area contributed by atoms with Gasteiger partial charge in [0.1, 0.15) is 0 Å². The van der Waals surface area contributed by atoms with E-state index in [9.17, 15) is 0 Å². The average molecular weight is 197 g/mol. The van der Waals surface area contributed by atoms with E-state index in [1.165, 1.54) is 5.57 Å². The normalized spacial score (nSPS) is 28.1. The lowest BCUT2D eigenvalue weighted by Gasteiger charge is -2.43. The van der Waals surface area contributed by atoms with Crippen molar-refractivity contribution in [1.82, 2.24) is 4.90 Å². The summed E-state index contributed by atoms with van der Waals surface area (Å²) in [5.74, 6) is 0. The van der Waals surface area contributed by atoms with Crippen molar-refractivity contribution in [3.63, 3.8) is 0 Å². The first kappa shape index (κ1) is 11.6. The molecule has 0 saturated carbocycles. The quantitative estimate of drug-likeness (QED) is 0.599. The zero-order chi connectivity index (χ0) is 10.8. The molecule has 1 atom stereocenters. The molecule has 0 bridgehead atoms. The highest BCUT2D eigenvalue weighted by molar-refractivity contribution is 5.06. The van der Waals surface area contributed by atoms with E-state index in [1.54, 1.807) is 7.11 Å². The summed E-state index contributed by atoms with van der Waals surface area (Å²) >= 11 is 0. The average Bonchev–Trinajstić information content (AvgIpc) is 2.02. The Morgan fingerprint density at radius 3 is 2.50 bits per heavy atom. The van der Waals surface area contributed by atoms with Crippen LogP contribution in [-0.2, 0) is 4.74 Å². The van der Waals surface area contributed by atoms with E-state index < -0.39 is 0 Å². The molecular weight excluding hydrogens is 174 g/mol. The van der Waals surface area contributed by atoms with Crippen LogP contribution in [0.4, 0.5) is 0 Å². The molecule has 0 aromatic rings. The number of piperidine rings is 1. The second-order valence-corrected chi connectivity index (χ2v) is 5.18. The molecule has 1 aliphatic rings. The minimum Gasteiger partial charge on any atom is -0.504 e. The van der Waals surface area contributed by atoms with Gasteiger partial charge in [0.15, 0.2) is 0 Å². The van der Waals surface area contributed by atoms with Gasteiger partial charge in [0, 0.05) is 18.1 Å². The molecule has 0 radical (unpaired) electrons. The smallest absolute Gasteiger partial charge is 0.0817 e. The van der Waals surface area contributed by atoms with Crippen LogP contribution < -0.4 is 0 Å². The van der Waals surface area contributed by atoms with Crippen LogP contribution >= 0.6 is 0 Å². The van der Waals surface area contributed by atoms with E-state index in [0.717, 1.165) is 19.4 Å². The molecule has 1 fully saturated rings. The van der Waals surface area contributed by atoms with Crippen LogP contribution in [0.15, 0.2) is 11.8 Å². The lowest BCUT2D eigenvalue weighted by molar-refractivity contribution is 0.0754. The summed E-state index contributed by atoms with van der Waals surface area (Å²) < 4.78 is 5.07. The highest BCUT2D eigenvalue weighted by atomic mass is 16.5. The first-order chi connectivity index (χ1) is 6.45. The van der Waals surface area contributed by atoms with Crippen molar-refractivity contribution in [2.45, 2.75) is 52.1 Å². The number of hydrogen-bond acceptors (Lipinski definition) is 2. The van der Waals surface area contributed by atoms with Crippen LogP contribution in [0, 0.1) is 0 Å². The van der Waals surface area contributed by atoms with Gasteiger partial charge in [-0.25, -0.2) is 0 Å². The van der Waals surface area contributed by atoms with E-state index in [1.807, 2.05) is 6.26 Å². The predicted octanol–water partition coefficient (Wildman–Crippen LogP) is 2.80. The van der Waals surface area contributed by atoms with Crippen molar-refractivity contribution < 1.29 is 4.74 Å². The molecule has 0 N–H and O–H groups in total. The Hall–Kier alpha value is -0.500. The van der Waals surface area contributed by atoms with Crippen molar-refractivity contribution >= 4 is 0 Å². The number of methoxy groups -OCH3 is 1. The molecule has 1 aliphatic heterocycles. The van der Waals surface area contributed by atoms with Crippen molar-refractivity contribution in [3.05, 3.63) is 11.8 Å². The number of rotatable bonds is 1. The fraction of sp³-hybridized carbons (Fsp3) is 0.833. The Labute approximate surface area is 87.9 Å². The van der Waals surface area contributed by atoms with Gasteiger partial charge in [-0.1, -0.05) is 0 Å². The zero-order valence-corrected chi connectivity index (χ0v) is 10.1. The Balaban J connectivity index is 2.61. The summed E-state index contributed by atoms with van der Waals surface area (Å²) in [6.07, 6.45) is 4.21. The molecule has 0 aliphatic carbocycles. The molecule has 0 amide bonds. The Morgan fingerprint density at radius 2 is 2.07 bits per heavy atom. The minimum atomic E-state index is 0.290. The molecule has 0 aromatic heterocycles. The zero-order valence-electron chi connectivity index (χ0n) is 10.1. The van der Waals surface area contributed by atoms with Crippen molar-refractivity contribution in [1.29, 1.82) is 0 Å². The molecule has 1 heterocycles. The maximum Gasteiger partial charge on any atom is 0.0817 e. The van der Waals surface area contributed by atoms with Crippen LogP contribution in [0.3, 0.4) is 0 Å². The monoisotopic (exact) mass is 197 g/mol. The van der Waals surface area contributed by atoms with Crippen LogP contribution in [0.2, 0.25) is 0 Å². The number of likely N-dealkylation sites (tertiary alicyclic amines) is 1. The molecule has 1 saturated heterocycles. The highest BCUT2D eigenvalue weighted by Crippen LogP contribution is 2.28. The van der Waals surface area contributed by atoms with Gasteiger partial charge >= 0.3 is 0 Å². The molecule has 82 valence electrons. The molecule has 0 spiro atoms. The van der Waals surface area contributed by atoms with Crippen LogP contribution in [0.5, 0.6) is 0 Å². The van der Waals surface area contributed by atoms with Gasteiger partial charge in [0.25, 0.3) is 0 Å². The molecule has 2 heteroatoms. The summed E-state index contributed by atoms with van der Waals surface area (Å²) in [5.41, 5.74) is 1.73. The van der Waals surface area contributed by atoms with Crippen molar-refractivity contribution in [2.75, 3.05) is 13.7 Å². The van der Waals surface area contributed by atoms with Gasteiger partial charge in [-0.05, 0) is 46.1 Å². The van der Waals surface area contributed by atoms with Crippen molar-refractivity contribution in [3.8, 4) is 0 Å². The molecule has 0 aromatic carbocycles. The Morgan fingerprint density at radius 1 is 1.43 bits per heavy atom. The predicted molar refractivity (Wildman–Crippen MR) is 60.2 cm³/mol. The first-order valence-corrected chi connectivity index (χ1v) is 5.42. The maximum atomic E-state index is 5.07. The minimum absolute atomic E-state index is 0.290. The fourth-order valence-electron chi connectivity index (χ4n) is 2.35. The number of nitrogens with zero attached hydrogens (tertiary/aromatic N) is 1. The van der Waals surface area contributed by atoms with E-state index in [2.05, 4.69) is 32.6 Å². The molecule has 0 unspecified atom stereocenters. The summed E-state index contributed by atoms with van der Waals surface area (Å²) in [5, 5.41) is 0. The molecule has 14 heavy (non-hydrogen) atoms. The number of ether oxygens (including phenoxy) is 1. The molecular formula is C12H23NO. The SMILES string of the molecule is COC=C1CCN(C(C)(C)C)[C@@H](C)C1. The second kappa shape index (κ2) is 4.35. The molecule has 2 nitrogen and oxygen atoms in total. The third-order valence-corrected chi connectivity index (χ3v) is 2.91. The largest absolute Gasteiger partial charge is 0.504 e. The van der Waals surface area contributed by atoms with Crippen LogP contribution in [0.1, 0.15) is 40.5 Å². The third kappa shape index (κ3) is 2.74. The van der Waals surface area contributed by atoms with Gasteiger partial charge in [0.2, 0.25) is 0 Å². The fourth-order valence-corrected chi connectivity index (χ4v) is 2.35. The summed E-state index contributed by atoms with van der Waals surface area (Å²) in [4.78, 5) is 2.57. The number of hydrogen-bond donors (Lipinski definition) is 0. The standard InChI is InChI=1S/C12H23NO/c1-10-8-11(9-14-5)6-7-13(10)12(2,3)4/h9-10H,6-8H2,1-5H3/t10-/m0/s1. The van der Waals surface area contributed by atoms with Crippen LogP contribution in [0.25, 0.3) is 0 Å². The Kier molecular flexibility index (Phi) is 3.59.